The van der Waals surface area contributed by atoms with Crippen LogP contribution in [0.4, 0.5) is 0 Å². The van der Waals surface area contributed by atoms with E-state index in [1.165, 1.54) is 15.9 Å². The molecular formula is C23H24NOP. The van der Waals surface area contributed by atoms with Crippen LogP contribution in [-0.2, 0) is 0 Å². The van der Waals surface area contributed by atoms with E-state index in [1.807, 2.05) is 45.0 Å². The molecule has 0 saturated heterocycles. The minimum absolute atomic E-state index is 0.463. The SMILES string of the molecule is CC(C)(C)/[N+]([O-])=C/c1ccccc1P(c1ccccc1)c1ccccc1. The summed E-state index contributed by atoms with van der Waals surface area (Å²) in [5, 5.41) is 16.3. The Hall–Kier alpha value is -2.44. The summed E-state index contributed by atoms with van der Waals surface area (Å²) < 4.78 is 1.05. The third kappa shape index (κ3) is 4.20. The largest absolute Gasteiger partial charge is 0.623 e. The van der Waals surface area contributed by atoms with E-state index in [0.29, 0.717) is 0 Å². The van der Waals surface area contributed by atoms with Crippen molar-refractivity contribution in [2.24, 2.45) is 0 Å². The van der Waals surface area contributed by atoms with Gasteiger partial charge in [-0.15, -0.1) is 0 Å². The Labute approximate surface area is 157 Å². The molecule has 0 bridgehead atoms. The number of nitrogens with zero attached hydrogens (tertiary/aromatic N) is 1. The van der Waals surface area contributed by atoms with Crippen molar-refractivity contribution in [3.05, 3.63) is 95.7 Å². The first-order valence-electron chi connectivity index (χ1n) is 8.77. The zero-order chi connectivity index (χ0) is 18.6. The van der Waals surface area contributed by atoms with Crippen LogP contribution >= 0.6 is 7.92 Å². The van der Waals surface area contributed by atoms with Gasteiger partial charge < -0.3 is 5.21 Å². The van der Waals surface area contributed by atoms with Gasteiger partial charge in [0.05, 0.1) is 0 Å². The molecule has 3 heteroatoms. The average Bonchev–Trinajstić information content (AvgIpc) is 2.64. The highest BCUT2D eigenvalue weighted by molar-refractivity contribution is 7.80. The molecule has 3 rings (SSSR count). The molecule has 0 aliphatic carbocycles. The van der Waals surface area contributed by atoms with Gasteiger partial charge in [0.15, 0.2) is 11.8 Å². The fraction of sp³-hybridized carbons (Fsp3) is 0.174. The Morgan fingerprint density at radius 2 is 1.19 bits per heavy atom. The van der Waals surface area contributed by atoms with Gasteiger partial charge in [-0.1, -0.05) is 78.9 Å². The highest BCUT2D eigenvalue weighted by Crippen LogP contribution is 2.33. The number of benzene rings is 3. The van der Waals surface area contributed by atoms with Crippen molar-refractivity contribution in [2.45, 2.75) is 26.3 Å². The molecule has 3 aromatic rings. The molecule has 0 aliphatic heterocycles. The molecule has 2 nitrogen and oxygen atoms in total. The Balaban J connectivity index is 2.18. The van der Waals surface area contributed by atoms with Gasteiger partial charge in [0, 0.05) is 26.3 Å². The summed E-state index contributed by atoms with van der Waals surface area (Å²) in [4.78, 5) is 0. The predicted molar refractivity (Wildman–Crippen MR) is 114 cm³/mol. The molecule has 0 saturated carbocycles. The molecule has 0 N–H and O–H groups in total. The maximum Gasteiger partial charge on any atom is 0.182 e. The molecule has 0 aromatic heterocycles. The van der Waals surface area contributed by atoms with Crippen LogP contribution < -0.4 is 15.9 Å². The lowest BCUT2D eigenvalue weighted by Crippen LogP contribution is -2.31. The van der Waals surface area contributed by atoms with Gasteiger partial charge in [-0.05, 0) is 29.9 Å². The quantitative estimate of drug-likeness (QED) is 0.225. The van der Waals surface area contributed by atoms with E-state index in [9.17, 15) is 5.21 Å². The maximum atomic E-state index is 12.6. The minimum atomic E-state index is -0.730. The molecule has 0 amide bonds. The summed E-state index contributed by atoms with van der Waals surface area (Å²) in [6.45, 7) is 5.78. The zero-order valence-corrected chi connectivity index (χ0v) is 16.4. The van der Waals surface area contributed by atoms with E-state index in [1.54, 1.807) is 6.21 Å². The topological polar surface area (TPSA) is 26.1 Å². The van der Waals surface area contributed by atoms with Crippen molar-refractivity contribution in [1.29, 1.82) is 0 Å². The number of hydroxylamine groups is 1. The fourth-order valence-corrected chi connectivity index (χ4v) is 5.12. The summed E-state index contributed by atoms with van der Waals surface area (Å²) in [5.41, 5.74) is 0.520. The smallest absolute Gasteiger partial charge is 0.182 e. The third-order valence-electron chi connectivity index (χ3n) is 4.12. The number of hydrogen-bond donors (Lipinski definition) is 0. The Morgan fingerprint density at radius 3 is 1.69 bits per heavy atom. The van der Waals surface area contributed by atoms with E-state index >= 15 is 0 Å². The van der Waals surface area contributed by atoms with Crippen molar-refractivity contribution >= 4 is 30.0 Å². The molecular weight excluding hydrogens is 337 g/mol. The lowest BCUT2D eigenvalue weighted by molar-refractivity contribution is -0.530. The van der Waals surface area contributed by atoms with Crippen LogP contribution in [0.5, 0.6) is 0 Å². The first-order chi connectivity index (χ1) is 12.5. The Morgan fingerprint density at radius 1 is 0.731 bits per heavy atom. The van der Waals surface area contributed by atoms with Gasteiger partial charge >= 0.3 is 0 Å². The molecule has 0 atom stereocenters. The standard InChI is InChI=1S/C23H24NOP/c1-23(2,3)24(25)18-19-12-10-11-17-22(19)26(20-13-6-4-7-14-20)21-15-8-5-9-16-21/h4-18H,1-3H3/b24-18-. The van der Waals surface area contributed by atoms with Crippen LogP contribution in [0.25, 0.3) is 0 Å². The Bertz CT molecular complexity index is 843. The normalized spacial score (nSPS) is 12.4. The van der Waals surface area contributed by atoms with Crippen LogP contribution in [0.15, 0.2) is 84.9 Å². The van der Waals surface area contributed by atoms with Crippen LogP contribution in [0.3, 0.4) is 0 Å². The van der Waals surface area contributed by atoms with Gasteiger partial charge in [0.2, 0.25) is 0 Å². The highest BCUT2D eigenvalue weighted by atomic mass is 31.1. The summed E-state index contributed by atoms with van der Waals surface area (Å²) in [5.74, 6) is 0. The lowest BCUT2D eigenvalue weighted by atomic mass is 10.1. The zero-order valence-electron chi connectivity index (χ0n) is 15.5. The summed E-state index contributed by atoms with van der Waals surface area (Å²) in [6, 6.07) is 29.3. The number of rotatable bonds is 4. The summed E-state index contributed by atoms with van der Waals surface area (Å²) in [6.07, 6.45) is 1.73. The summed E-state index contributed by atoms with van der Waals surface area (Å²) >= 11 is 0. The van der Waals surface area contributed by atoms with Gasteiger partial charge in [-0.2, -0.15) is 0 Å². The van der Waals surface area contributed by atoms with Crippen LogP contribution in [0.1, 0.15) is 26.3 Å². The van der Waals surface area contributed by atoms with E-state index < -0.39 is 13.5 Å². The molecule has 0 spiro atoms. The first kappa shape index (κ1) is 18.4. The molecule has 0 heterocycles. The molecule has 0 unspecified atom stereocenters. The van der Waals surface area contributed by atoms with Gasteiger partial charge in [0.1, 0.15) is 0 Å². The molecule has 132 valence electrons. The van der Waals surface area contributed by atoms with Crippen molar-refractivity contribution in [2.75, 3.05) is 0 Å². The van der Waals surface area contributed by atoms with E-state index in [0.717, 1.165) is 10.3 Å². The number of hydrogen-bond acceptors (Lipinski definition) is 1. The van der Waals surface area contributed by atoms with E-state index in [4.69, 9.17) is 0 Å². The molecule has 3 aromatic carbocycles. The average molecular weight is 361 g/mol. The fourth-order valence-electron chi connectivity index (χ4n) is 2.70. The monoisotopic (exact) mass is 361 g/mol. The van der Waals surface area contributed by atoms with Crippen molar-refractivity contribution < 1.29 is 4.74 Å². The van der Waals surface area contributed by atoms with Crippen molar-refractivity contribution in [3.8, 4) is 0 Å². The second-order valence-corrected chi connectivity index (χ2v) is 9.38. The van der Waals surface area contributed by atoms with E-state index in [-0.39, 0.29) is 0 Å². The van der Waals surface area contributed by atoms with Crippen LogP contribution in [0, 0.1) is 5.21 Å². The second-order valence-electron chi connectivity index (χ2n) is 7.19. The molecule has 26 heavy (non-hydrogen) atoms. The maximum absolute atomic E-state index is 12.6. The first-order valence-corrected chi connectivity index (χ1v) is 10.1. The van der Waals surface area contributed by atoms with Gasteiger partial charge in [-0.3, -0.25) is 0 Å². The van der Waals surface area contributed by atoms with Gasteiger partial charge in [-0.25, -0.2) is 4.74 Å². The lowest BCUT2D eigenvalue weighted by Gasteiger charge is -2.22. The highest BCUT2D eigenvalue weighted by Gasteiger charge is 2.22. The molecule has 0 fully saturated rings. The van der Waals surface area contributed by atoms with Crippen LogP contribution in [0.2, 0.25) is 0 Å². The van der Waals surface area contributed by atoms with E-state index in [2.05, 4.69) is 60.7 Å². The summed E-state index contributed by atoms with van der Waals surface area (Å²) in [7, 11) is -0.730. The molecule has 0 radical (unpaired) electrons. The van der Waals surface area contributed by atoms with Crippen molar-refractivity contribution in [3.63, 3.8) is 0 Å². The van der Waals surface area contributed by atoms with Gasteiger partial charge in [0.25, 0.3) is 0 Å². The minimum Gasteiger partial charge on any atom is -0.623 e. The Kier molecular flexibility index (Phi) is 5.54. The predicted octanol–water partition coefficient (Wildman–Crippen LogP) is 4.17. The third-order valence-corrected chi connectivity index (χ3v) is 6.64. The van der Waals surface area contributed by atoms with Crippen LogP contribution in [-0.4, -0.2) is 16.5 Å². The molecule has 0 aliphatic rings. The second kappa shape index (κ2) is 7.85. The van der Waals surface area contributed by atoms with Crippen molar-refractivity contribution in [1.82, 2.24) is 0 Å².